The first-order valence-electron chi connectivity index (χ1n) is 8.12. The van der Waals surface area contributed by atoms with Gasteiger partial charge in [0.15, 0.2) is 6.61 Å². The maximum atomic E-state index is 12.6. The Bertz CT molecular complexity index is 805. The van der Waals surface area contributed by atoms with Gasteiger partial charge in [-0.25, -0.2) is 0 Å². The molecular weight excluding hydrogens is 361 g/mol. The van der Waals surface area contributed by atoms with Crippen molar-refractivity contribution in [2.24, 2.45) is 0 Å². The number of alkyl halides is 3. The second-order valence-electron chi connectivity index (χ2n) is 5.80. The van der Waals surface area contributed by atoms with Gasteiger partial charge in [0, 0.05) is 12.6 Å². The fourth-order valence-corrected chi connectivity index (χ4v) is 2.17. The predicted molar refractivity (Wildman–Crippen MR) is 94.4 cm³/mol. The summed E-state index contributed by atoms with van der Waals surface area (Å²) in [4.78, 5) is 23.2. The maximum Gasteiger partial charge on any atom is 0.408 e. The summed E-state index contributed by atoms with van der Waals surface area (Å²) >= 11 is 0. The highest BCUT2D eigenvalue weighted by molar-refractivity contribution is 5.95. The summed E-state index contributed by atoms with van der Waals surface area (Å²) in [5.41, 5.74) is 1.55. The Morgan fingerprint density at radius 3 is 2.33 bits per heavy atom. The smallest absolute Gasteiger partial charge is 0.408 e. The number of hydrogen-bond donors (Lipinski definition) is 2. The largest absolute Gasteiger partial charge is 0.484 e. The maximum absolute atomic E-state index is 12.6. The molecule has 0 fully saturated rings. The van der Waals surface area contributed by atoms with E-state index in [-0.39, 0.29) is 18.1 Å². The fraction of sp³-hybridized carbons (Fsp3) is 0.263. The number of amides is 2. The Morgan fingerprint density at radius 1 is 1.07 bits per heavy atom. The van der Waals surface area contributed by atoms with Crippen molar-refractivity contribution < 1.29 is 27.5 Å². The van der Waals surface area contributed by atoms with Gasteiger partial charge in [0.05, 0.1) is 0 Å². The fourth-order valence-electron chi connectivity index (χ4n) is 2.17. The molecule has 27 heavy (non-hydrogen) atoms. The molecule has 0 bridgehead atoms. The summed E-state index contributed by atoms with van der Waals surface area (Å²) in [5, 5.41) is 4.37. The number of hydrogen-bond acceptors (Lipinski definition) is 3. The Balaban J connectivity index is 2.10. The Hall–Kier alpha value is -3.03. The zero-order chi connectivity index (χ0) is 20.0. The van der Waals surface area contributed by atoms with Gasteiger partial charge in [0.1, 0.15) is 11.8 Å². The highest BCUT2D eigenvalue weighted by atomic mass is 19.4. The summed E-state index contributed by atoms with van der Waals surface area (Å²) in [6.45, 7) is 0.780. The zero-order valence-electron chi connectivity index (χ0n) is 14.8. The summed E-state index contributed by atoms with van der Waals surface area (Å²) in [7, 11) is 1.51. The molecule has 0 heterocycles. The van der Waals surface area contributed by atoms with Gasteiger partial charge in [-0.1, -0.05) is 24.3 Å². The van der Waals surface area contributed by atoms with Crippen LogP contribution in [-0.2, 0) is 4.79 Å². The quantitative estimate of drug-likeness (QED) is 0.809. The lowest BCUT2D eigenvalue weighted by atomic mass is 10.0. The Labute approximate surface area is 154 Å². The van der Waals surface area contributed by atoms with Crippen LogP contribution in [0.2, 0.25) is 0 Å². The number of halogens is 3. The highest BCUT2D eigenvalue weighted by Gasteiger charge is 2.37. The van der Waals surface area contributed by atoms with Crippen molar-refractivity contribution >= 4 is 11.8 Å². The van der Waals surface area contributed by atoms with Gasteiger partial charge in [0.2, 0.25) is 0 Å². The van der Waals surface area contributed by atoms with E-state index in [0.717, 1.165) is 12.5 Å². The molecule has 0 aliphatic carbocycles. The number of carbonyl (C=O) groups is 2. The number of nitrogens with one attached hydrogen (secondary N) is 2. The number of carbonyl (C=O) groups excluding carboxylic acids is 2. The van der Waals surface area contributed by atoms with E-state index in [1.807, 2.05) is 5.32 Å². The average molecular weight is 380 g/mol. The first-order chi connectivity index (χ1) is 12.7. The third kappa shape index (κ3) is 5.73. The van der Waals surface area contributed by atoms with E-state index < -0.39 is 18.1 Å². The highest BCUT2D eigenvalue weighted by Crippen LogP contribution is 2.24. The third-order valence-electron chi connectivity index (χ3n) is 3.80. The van der Waals surface area contributed by atoms with Gasteiger partial charge in [0.25, 0.3) is 11.8 Å². The van der Waals surface area contributed by atoms with Crippen LogP contribution in [0.15, 0.2) is 48.5 Å². The van der Waals surface area contributed by atoms with Gasteiger partial charge in [-0.15, -0.1) is 0 Å². The number of ether oxygens (including phenoxy) is 1. The minimum absolute atomic E-state index is 0.108. The summed E-state index contributed by atoms with van der Waals surface area (Å²) in [5.74, 6) is -0.562. The van der Waals surface area contributed by atoms with E-state index in [4.69, 9.17) is 4.74 Å². The van der Waals surface area contributed by atoms with E-state index in [0.29, 0.717) is 11.3 Å². The van der Waals surface area contributed by atoms with Crippen molar-refractivity contribution in [2.45, 2.75) is 19.1 Å². The van der Waals surface area contributed by atoms with Crippen molar-refractivity contribution in [3.63, 3.8) is 0 Å². The molecule has 8 heteroatoms. The molecule has 0 saturated carbocycles. The molecule has 2 N–H and O–H groups in total. The summed E-state index contributed by atoms with van der Waals surface area (Å²) in [6, 6.07) is 11.1. The molecule has 2 aromatic carbocycles. The lowest BCUT2D eigenvalue weighted by Crippen LogP contribution is -2.43. The van der Waals surface area contributed by atoms with Gasteiger partial charge in [-0.05, 0) is 42.3 Å². The molecule has 0 saturated heterocycles. The van der Waals surface area contributed by atoms with Gasteiger partial charge >= 0.3 is 6.18 Å². The van der Waals surface area contributed by atoms with Crippen molar-refractivity contribution in [3.8, 4) is 16.9 Å². The van der Waals surface area contributed by atoms with Gasteiger partial charge < -0.3 is 15.4 Å². The van der Waals surface area contributed by atoms with Crippen molar-refractivity contribution in [2.75, 3.05) is 13.7 Å². The molecule has 144 valence electrons. The van der Waals surface area contributed by atoms with Crippen LogP contribution in [0.1, 0.15) is 17.3 Å². The second-order valence-corrected chi connectivity index (χ2v) is 5.80. The second kappa shape index (κ2) is 8.57. The molecule has 2 amide bonds. The van der Waals surface area contributed by atoms with Crippen LogP contribution in [-0.4, -0.2) is 37.7 Å². The zero-order valence-corrected chi connectivity index (χ0v) is 14.8. The minimum atomic E-state index is -4.50. The summed E-state index contributed by atoms with van der Waals surface area (Å²) in [6.07, 6.45) is -4.50. The standard InChI is InChI=1S/C19H19F3N2O3/c1-12(19(20,21)22)24-18(26)15-5-3-4-14(10-15)13-6-8-16(9-7-13)27-11-17(25)23-2/h3-10,12H,11H2,1-2H3,(H,23,25)(H,24,26)/t12-/m1/s1. The SMILES string of the molecule is CNC(=O)COc1ccc(-c2cccc(C(=O)N[C@H](C)C(F)(F)F)c2)cc1. The lowest BCUT2D eigenvalue weighted by Gasteiger charge is -2.17. The number of rotatable bonds is 6. The van der Waals surface area contributed by atoms with E-state index in [2.05, 4.69) is 5.32 Å². The molecule has 2 aromatic rings. The van der Waals surface area contributed by atoms with Crippen LogP contribution in [0.4, 0.5) is 13.2 Å². The van der Waals surface area contributed by atoms with E-state index >= 15 is 0 Å². The molecular formula is C19H19F3N2O3. The molecule has 5 nitrogen and oxygen atoms in total. The molecule has 0 aliphatic heterocycles. The molecule has 1 atom stereocenters. The third-order valence-corrected chi connectivity index (χ3v) is 3.80. The molecule has 0 radical (unpaired) electrons. The van der Waals surface area contributed by atoms with E-state index in [1.165, 1.54) is 19.2 Å². The number of likely N-dealkylation sites (N-methyl/N-ethyl adjacent to an activating group) is 1. The first kappa shape index (κ1) is 20.3. The normalized spacial score (nSPS) is 12.2. The van der Waals surface area contributed by atoms with Gasteiger partial charge in [-0.2, -0.15) is 13.2 Å². The van der Waals surface area contributed by atoms with Crippen LogP contribution in [0.25, 0.3) is 11.1 Å². The van der Waals surface area contributed by atoms with Crippen molar-refractivity contribution in [3.05, 3.63) is 54.1 Å². The molecule has 0 spiro atoms. The molecule has 0 aliphatic rings. The van der Waals surface area contributed by atoms with Gasteiger partial charge in [-0.3, -0.25) is 9.59 Å². The van der Waals surface area contributed by atoms with Crippen molar-refractivity contribution in [1.29, 1.82) is 0 Å². The monoisotopic (exact) mass is 380 g/mol. The van der Waals surface area contributed by atoms with Crippen LogP contribution in [0.5, 0.6) is 5.75 Å². The Morgan fingerprint density at radius 2 is 1.74 bits per heavy atom. The topological polar surface area (TPSA) is 67.4 Å². The van der Waals surface area contributed by atoms with Crippen LogP contribution < -0.4 is 15.4 Å². The average Bonchev–Trinajstić information content (AvgIpc) is 2.65. The predicted octanol–water partition coefficient (Wildman–Crippen LogP) is 3.16. The van der Waals surface area contributed by atoms with Crippen molar-refractivity contribution in [1.82, 2.24) is 10.6 Å². The minimum Gasteiger partial charge on any atom is -0.484 e. The molecule has 2 rings (SSSR count). The van der Waals surface area contributed by atoms with Crippen LogP contribution in [0.3, 0.4) is 0 Å². The van der Waals surface area contributed by atoms with Crippen LogP contribution >= 0.6 is 0 Å². The van der Waals surface area contributed by atoms with Crippen LogP contribution in [0, 0.1) is 0 Å². The summed E-state index contributed by atoms with van der Waals surface area (Å²) < 4.78 is 43.1. The van der Waals surface area contributed by atoms with E-state index in [9.17, 15) is 22.8 Å². The number of benzene rings is 2. The molecule has 0 unspecified atom stereocenters. The lowest BCUT2D eigenvalue weighted by molar-refractivity contribution is -0.149. The Kier molecular flexibility index (Phi) is 6.44. The van der Waals surface area contributed by atoms with E-state index in [1.54, 1.807) is 36.4 Å². The molecule has 0 aromatic heterocycles. The first-order valence-corrected chi connectivity index (χ1v) is 8.12.